The first-order valence-electron chi connectivity index (χ1n) is 26.3. The fourth-order valence-electron chi connectivity index (χ4n) is 12.8. The molecule has 0 amide bonds. The summed E-state index contributed by atoms with van der Waals surface area (Å²) >= 11 is 0. The summed E-state index contributed by atoms with van der Waals surface area (Å²) in [5.74, 6) is 0. The molecule has 76 heavy (non-hydrogen) atoms. The summed E-state index contributed by atoms with van der Waals surface area (Å²) in [5.41, 5.74) is 18.6. The first kappa shape index (κ1) is 42.5. The average molecular weight is 967 g/mol. The Bertz CT molecular complexity index is 4770. The van der Waals surface area contributed by atoms with Crippen molar-refractivity contribution in [2.24, 2.45) is 0 Å². The highest BCUT2D eigenvalue weighted by molar-refractivity contribution is 6.28. The third-order valence-electron chi connectivity index (χ3n) is 16.1. The molecular weight excluding hydrogens is 921 g/mol. The molecule has 0 N–H and O–H groups in total. The van der Waals surface area contributed by atoms with Crippen LogP contribution >= 0.6 is 0 Å². The number of nitrogens with zero attached hydrogens (tertiary/aromatic N) is 2. The molecule has 15 aromatic rings. The second-order valence-corrected chi connectivity index (χ2v) is 20.3. The summed E-state index contributed by atoms with van der Waals surface area (Å²) in [6, 6.07) is 97.8. The van der Waals surface area contributed by atoms with Crippen molar-refractivity contribution in [1.29, 1.82) is 0 Å². The van der Waals surface area contributed by atoms with E-state index in [1.807, 2.05) is 0 Å². The molecule has 0 fully saturated rings. The van der Waals surface area contributed by atoms with Crippen LogP contribution in [0.2, 0.25) is 0 Å². The van der Waals surface area contributed by atoms with Gasteiger partial charge in [-0.3, -0.25) is 0 Å². The summed E-state index contributed by atoms with van der Waals surface area (Å²) in [6.45, 7) is 0. The predicted molar refractivity (Wildman–Crippen MR) is 321 cm³/mol. The Morgan fingerprint density at radius 1 is 0.303 bits per heavy atom. The molecule has 0 atom stereocenters. The van der Waals surface area contributed by atoms with Crippen LogP contribution in [0.15, 0.2) is 271 Å². The Labute approximate surface area is 439 Å². The smallest absolute Gasteiger partial charge is 0.143 e. The molecule has 3 nitrogen and oxygen atoms in total. The lowest BCUT2D eigenvalue weighted by molar-refractivity contribution is 0.670. The SMILES string of the molecule is c1ccc(-c2cc3ccccc3c3c2Cc2cc(N(c4ccccc4)c4ccc5ccc6c(N(c7ccccc7)c7ccc8c(c7)oc7c(-c9ccccc9)cc9ccccc9c78)ccc7ccc4c5c76)ccc2-3)cc1. The summed E-state index contributed by atoms with van der Waals surface area (Å²) in [6.07, 6.45) is 0.865. The zero-order valence-corrected chi connectivity index (χ0v) is 41.4. The van der Waals surface area contributed by atoms with E-state index in [0.29, 0.717) is 0 Å². The Kier molecular flexibility index (Phi) is 9.40. The van der Waals surface area contributed by atoms with E-state index in [9.17, 15) is 0 Å². The van der Waals surface area contributed by atoms with Crippen molar-refractivity contribution in [3.63, 3.8) is 0 Å². The lowest BCUT2D eigenvalue weighted by Gasteiger charge is -2.29. The molecule has 3 heteroatoms. The monoisotopic (exact) mass is 966 g/mol. The van der Waals surface area contributed by atoms with Gasteiger partial charge in [-0.2, -0.15) is 0 Å². The second kappa shape index (κ2) is 16.8. The number of hydrogen-bond acceptors (Lipinski definition) is 3. The highest BCUT2D eigenvalue weighted by atomic mass is 16.3. The van der Waals surface area contributed by atoms with Crippen LogP contribution in [0.25, 0.3) is 109 Å². The maximum atomic E-state index is 7.05. The maximum Gasteiger partial charge on any atom is 0.143 e. The topological polar surface area (TPSA) is 19.6 Å². The number of anilines is 6. The quantitative estimate of drug-likeness (QED) is 0.142. The number of benzene rings is 14. The van der Waals surface area contributed by atoms with Gasteiger partial charge in [-0.25, -0.2) is 0 Å². The Balaban J connectivity index is 0.869. The third-order valence-corrected chi connectivity index (χ3v) is 16.1. The van der Waals surface area contributed by atoms with Crippen molar-refractivity contribution >= 4 is 110 Å². The maximum absolute atomic E-state index is 7.05. The molecule has 0 saturated heterocycles. The largest absolute Gasteiger partial charge is 0.455 e. The van der Waals surface area contributed by atoms with E-state index in [1.165, 1.54) is 87.2 Å². The van der Waals surface area contributed by atoms with E-state index in [-0.39, 0.29) is 0 Å². The first-order chi connectivity index (χ1) is 37.7. The van der Waals surface area contributed by atoms with E-state index in [4.69, 9.17) is 4.42 Å². The molecule has 0 bridgehead atoms. The minimum absolute atomic E-state index is 0.853. The van der Waals surface area contributed by atoms with Gasteiger partial charge in [0.05, 0.1) is 11.4 Å². The number of rotatable bonds is 8. The van der Waals surface area contributed by atoms with Crippen LogP contribution in [0.3, 0.4) is 0 Å². The molecule has 1 aliphatic rings. The van der Waals surface area contributed by atoms with E-state index in [1.54, 1.807) is 0 Å². The normalized spacial score (nSPS) is 12.2. The Morgan fingerprint density at radius 3 is 1.42 bits per heavy atom. The molecule has 1 aliphatic carbocycles. The molecule has 0 radical (unpaired) electrons. The molecule has 0 unspecified atom stereocenters. The number of hydrogen-bond donors (Lipinski definition) is 0. The zero-order chi connectivity index (χ0) is 49.8. The van der Waals surface area contributed by atoms with Gasteiger partial charge in [-0.05, 0) is 161 Å². The highest BCUT2D eigenvalue weighted by Gasteiger charge is 2.28. The zero-order valence-electron chi connectivity index (χ0n) is 41.4. The molecule has 16 rings (SSSR count). The fourth-order valence-corrected chi connectivity index (χ4v) is 12.8. The van der Waals surface area contributed by atoms with Crippen molar-refractivity contribution in [2.75, 3.05) is 9.80 Å². The van der Waals surface area contributed by atoms with Gasteiger partial charge in [0, 0.05) is 55.9 Å². The van der Waals surface area contributed by atoms with E-state index >= 15 is 0 Å². The summed E-state index contributed by atoms with van der Waals surface area (Å²) < 4.78 is 7.05. The number of para-hydroxylation sites is 2. The van der Waals surface area contributed by atoms with Gasteiger partial charge in [-0.15, -0.1) is 0 Å². The molecule has 14 aromatic carbocycles. The van der Waals surface area contributed by atoms with E-state index in [0.717, 1.165) is 73.6 Å². The van der Waals surface area contributed by atoms with Crippen molar-refractivity contribution in [3.8, 4) is 33.4 Å². The molecule has 0 spiro atoms. The van der Waals surface area contributed by atoms with Gasteiger partial charge in [0.1, 0.15) is 11.2 Å². The predicted octanol–water partition coefficient (Wildman–Crippen LogP) is 20.6. The summed E-state index contributed by atoms with van der Waals surface area (Å²) in [5, 5.41) is 14.5. The van der Waals surface area contributed by atoms with Crippen LogP contribution in [0, 0.1) is 0 Å². The van der Waals surface area contributed by atoms with Crippen molar-refractivity contribution < 1.29 is 4.42 Å². The van der Waals surface area contributed by atoms with Crippen LogP contribution in [0.1, 0.15) is 11.1 Å². The molecule has 0 aliphatic heterocycles. The average Bonchev–Trinajstić information content (AvgIpc) is 4.19. The van der Waals surface area contributed by atoms with Gasteiger partial charge in [0.25, 0.3) is 0 Å². The van der Waals surface area contributed by atoms with Crippen molar-refractivity contribution in [2.45, 2.75) is 6.42 Å². The standard InChI is InChI=1S/C73H46N2O/c1-5-17-46(18-6-1)63-42-50-21-13-15-27-57(50)71-59-37-33-55(41-52(59)44-65(63)71)74(53-23-9-3-10-24-53)66-39-31-48-30-36-61-67(40-32-49-29-35-60(66)69(48)70(49)61)75(54-25-11-4-12-26-54)56-34-38-62-68(45-56)76-73-64(47-19-7-2-8-20-47)43-51-22-14-16-28-58(51)72(62)73/h1-43,45H,44H2. The van der Waals surface area contributed by atoms with Crippen LogP contribution in [0.5, 0.6) is 0 Å². The first-order valence-corrected chi connectivity index (χ1v) is 26.3. The third kappa shape index (κ3) is 6.49. The Morgan fingerprint density at radius 2 is 0.789 bits per heavy atom. The van der Waals surface area contributed by atoms with Gasteiger partial charge in [-0.1, -0.05) is 188 Å². The molecule has 1 aromatic heterocycles. The van der Waals surface area contributed by atoms with Gasteiger partial charge in [0.15, 0.2) is 0 Å². The summed E-state index contributed by atoms with van der Waals surface area (Å²) in [7, 11) is 0. The van der Waals surface area contributed by atoms with Gasteiger partial charge >= 0.3 is 0 Å². The number of furan rings is 1. The van der Waals surface area contributed by atoms with E-state index < -0.39 is 0 Å². The van der Waals surface area contributed by atoms with Crippen LogP contribution in [-0.4, -0.2) is 0 Å². The summed E-state index contributed by atoms with van der Waals surface area (Å²) in [4.78, 5) is 4.87. The lowest BCUT2D eigenvalue weighted by atomic mass is 9.90. The fraction of sp³-hybridized carbons (Fsp3) is 0.0137. The Hall–Kier alpha value is -9.96. The molecule has 0 saturated carbocycles. The molecule has 354 valence electrons. The van der Waals surface area contributed by atoms with Gasteiger partial charge < -0.3 is 14.2 Å². The molecular formula is C73H46N2O. The van der Waals surface area contributed by atoms with Crippen molar-refractivity contribution in [1.82, 2.24) is 0 Å². The van der Waals surface area contributed by atoms with Crippen LogP contribution in [0.4, 0.5) is 34.1 Å². The highest BCUT2D eigenvalue weighted by Crippen LogP contribution is 2.52. The van der Waals surface area contributed by atoms with Crippen molar-refractivity contribution in [3.05, 3.63) is 278 Å². The minimum atomic E-state index is 0.853. The van der Waals surface area contributed by atoms with Gasteiger partial charge in [0.2, 0.25) is 0 Å². The van der Waals surface area contributed by atoms with Crippen LogP contribution in [-0.2, 0) is 6.42 Å². The number of fused-ring (bicyclic) bond motifs is 10. The second-order valence-electron chi connectivity index (χ2n) is 20.3. The van der Waals surface area contributed by atoms with Crippen LogP contribution < -0.4 is 9.80 Å². The van der Waals surface area contributed by atoms with E-state index in [2.05, 4.69) is 277 Å². The lowest BCUT2D eigenvalue weighted by Crippen LogP contribution is -2.11. The minimum Gasteiger partial charge on any atom is -0.455 e. The molecule has 1 heterocycles.